The molecular weight excluding hydrogens is 342 g/mol. The van der Waals surface area contributed by atoms with Gasteiger partial charge in [0, 0.05) is 27.9 Å². The van der Waals surface area contributed by atoms with Crippen molar-refractivity contribution in [3.8, 4) is 11.5 Å². The largest absolute Gasteiger partial charge is 0.497 e. The molecule has 0 unspecified atom stereocenters. The maximum Gasteiger partial charge on any atom is 0.310 e. The zero-order valence-corrected chi connectivity index (χ0v) is 14.5. The lowest BCUT2D eigenvalue weighted by molar-refractivity contribution is -0.133. The van der Waals surface area contributed by atoms with Crippen molar-refractivity contribution < 1.29 is 19.1 Å². The first-order valence-corrected chi connectivity index (χ1v) is 8.12. The highest BCUT2D eigenvalue weighted by atomic mass is 35.5. The van der Waals surface area contributed by atoms with Gasteiger partial charge in [-0.25, -0.2) is 0 Å². The third-order valence-electron chi connectivity index (χ3n) is 3.80. The summed E-state index contributed by atoms with van der Waals surface area (Å²) in [7, 11) is 1.56. The van der Waals surface area contributed by atoms with E-state index in [0.717, 1.165) is 0 Å². The second-order valence-corrected chi connectivity index (χ2v) is 5.84. The second-order valence-electron chi connectivity index (χ2n) is 5.40. The smallest absolute Gasteiger partial charge is 0.310 e. The number of aromatic amines is 1. The molecule has 0 spiro atoms. The number of esters is 1. The van der Waals surface area contributed by atoms with Crippen molar-refractivity contribution in [2.24, 2.45) is 0 Å². The average molecular weight is 358 g/mol. The Labute approximate surface area is 149 Å². The SMILES string of the molecule is CCC(=O)Oc1c(C(=O)c2ccc(OC)cc2)[nH]c2ccc(Cl)cc12. The molecule has 3 aromatic rings. The lowest BCUT2D eigenvalue weighted by atomic mass is 10.1. The molecule has 0 aliphatic rings. The van der Waals surface area contributed by atoms with E-state index in [9.17, 15) is 9.59 Å². The summed E-state index contributed by atoms with van der Waals surface area (Å²) >= 11 is 6.05. The molecule has 1 aromatic heterocycles. The number of H-pyrrole nitrogens is 1. The number of nitrogens with one attached hydrogen (secondary N) is 1. The van der Waals surface area contributed by atoms with E-state index in [4.69, 9.17) is 21.1 Å². The Morgan fingerprint density at radius 2 is 1.84 bits per heavy atom. The first-order chi connectivity index (χ1) is 12.0. The predicted octanol–water partition coefficient (Wildman–Crippen LogP) is 4.38. The quantitative estimate of drug-likeness (QED) is 0.543. The van der Waals surface area contributed by atoms with Crippen molar-refractivity contribution in [1.82, 2.24) is 4.98 Å². The molecule has 2 aromatic carbocycles. The van der Waals surface area contributed by atoms with Gasteiger partial charge in [-0.05, 0) is 42.5 Å². The average Bonchev–Trinajstić information content (AvgIpc) is 2.98. The second kappa shape index (κ2) is 6.99. The topological polar surface area (TPSA) is 68.4 Å². The minimum atomic E-state index is -0.426. The third kappa shape index (κ3) is 3.37. The molecule has 0 aliphatic heterocycles. The molecule has 0 saturated carbocycles. The van der Waals surface area contributed by atoms with Crippen molar-refractivity contribution in [2.45, 2.75) is 13.3 Å². The Hall–Kier alpha value is -2.79. The highest BCUT2D eigenvalue weighted by Gasteiger charge is 2.22. The van der Waals surface area contributed by atoms with E-state index < -0.39 is 5.97 Å². The Morgan fingerprint density at radius 1 is 1.12 bits per heavy atom. The number of halogens is 1. The molecule has 0 fully saturated rings. The molecule has 128 valence electrons. The Balaban J connectivity index is 2.11. The van der Waals surface area contributed by atoms with Gasteiger partial charge in [0.2, 0.25) is 5.78 Å². The van der Waals surface area contributed by atoms with Crippen molar-refractivity contribution >= 4 is 34.3 Å². The van der Waals surface area contributed by atoms with Crippen LogP contribution in [0.4, 0.5) is 0 Å². The van der Waals surface area contributed by atoms with Gasteiger partial charge in [-0.15, -0.1) is 0 Å². The molecule has 0 amide bonds. The highest BCUT2D eigenvalue weighted by molar-refractivity contribution is 6.31. The van der Waals surface area contributed by atoms with E-state index in [1.807, 2.05) is 0 Å². The fourth-order valence-electron chi connectivity index (χ4n) is 2.48. The maximum atomic E-state index is 12.9. The molecule has 0 aliphatic carbocycles. The molecule has 0 bridgehead atoms. The zero-order valence-electron chi connectivity index (χ0n) is 13.8. The number of fused-ring (bicyclic) bond motifs is 1. The molecule has 0 atom stereocenters. The third-order valence-corrected chi connectivity index (χ3v) is 4.03. The van der Waals surface area contributed by atoms with Crippen LogP contribution in [-0.2, 0) is 4.79 Å². The van der Waals surface area contributed by atoms with Crippen LogP contribution in [0, 0.1) is 0 Å². The van der Waals surface area contributed by atoms with Gasteiger partial charge >= 0.3 is 5.97 Å². The Bertz CT molecular complexity index is 944. The minimum absolute atomic E-state index is 0.198. The van der Waals surface area contributed by atoms with Gasteiger partial charge in [0.1, 0.15) is 11.4 Å². The molecule has 5 nitrogen and oxygen atoms in total. The number of aromatic nitrogens is 1. The van der Waals surface area contributed by atoms with Crippen LogP contribution in [0.3, 0.4) is 0 Å². The summed E-state index contributed by atoms with van der Waals surface area (Å²) in [5, 5.41) is 1.08. The van der Waals surface area contributed by atoms with E-state index in [2.05, 4.69) is 4.98 Å². The Kier molecular flexibility index (Phi) is 4.76. The monoisotopic (exact) mass is 357 g/mol. The lowest BCUT2D eigenvalue weighted by Crippen LogP contribution is -2.10. The summed E-state index contributed by atoms with van der Waals surface area (Å²) in [4.78, 5) is 27.7. The van der Waals surface area contributed by atoms with Gasteiger partial charge in [0.25, 0.3) is 0 Å². The van der Waals surface area contributed by atoms with Crippen LogP contribution < -0.4 is 9.47 Å². The Morgan fingerprint density at radius 3 is 2.48 bits per heavy atom. The van der Waals surface area contributed by atoms with Crippen molar-refractivity contribution in [1.29, 1.82) is 0 Å². The van der Waals surface area contributed by atoms with Crippen molar-refractivity contribution in [2.75, 3.05) is 7.11 Å². The normalized spacial score (nSPS) is 10.7. The molecule has 6 heteroatoms. The van der Waals surface area contributed by atoms with Gasteiger partial charge in [0.05, 0.1) is 7.11 Å². The standard InChI is InChI=1S/C19H16ClNO4/c1-3-16(22)25-19-14-10-12(20)6-9-15(14)21-17(19)18(23)11-4-7-13(24-2)8-5-11/h4-10,21H,3H2,1-2H3. The molecule has 1 N–H and O–H groups in total. The number of carbonyl (C=O) groups excluding carboxylic acids is 2. The highest BCUT2D eigenvalue weighted by Crippen LogP contribution is 2.34. The van der Waals surface area contributed by atoms with Gasteiger partial charge in [0.15, 0.2) is 5.75 Å². The number of hydrogen-bond donors (Lipinski definition) is 1. The van der Waals surface area contributed by atoms with E-state index in [1.165, 1.54) is 0 Å². The van der Waals surface area contributed by atoms with Crippen LogP contribution in [0.1, 0.15) is 29.4 Å². The fourth-order valence-corrected chi connectivity index (χ4v) is 2.65. The van der Waals surface area contributed by atoms with E-state index in [-0.39, 0.29) is 23.6 Å². The number of rotatable bonds is 5. The number of methoxy groups -OCH3 is 1. The van der Waals surface area contributed by atoms with E-state index in [1.54, 1.807) is 56.5 Å². The minimum Gasteiger partial charge on any atom is -0.497 e. The van der Waals surface area contributed by atoms with Crippen molar-refractivity contribution in [3.05, 3.63) is 58.7 Å². The maximum absolute atomic E-state index is 12.9. The van der Waals surface area contributed by atoms with Crippen LogP contribution in [-0.4, -0.2) is 23.8 Å². The summed E-state index contributed by atoms with van der Waals surface area (Å²) in [6.07, 6.45) is 0.198. The summed E-state index contributed by atoms with van der Waals surface area (Å²) in [6.45, 7) is 1.69. The first kappa shape index (κ1) is 17.0. The molecule has 0 saturated heterocycles. The molecule has 1 heterocycles. The van der Waals surface area contributed by atoms with Crippen LogP contribution >= 0.6 is 11.6 Å². The molecule has 0 radical (unpaired) electrons. The first-order valence-electron chi connectivity index (χ1n) is 7.74. The lowest BCUT2D eigenvalue weighted by Gasteiger charge is -2.06. The summed E-state index contributed by atoms with van der Waals surface area (Å²) < 4.78 is 10.5. The zero-order chi connectivity index (χ0) is 18.0. The number of benzene rings is 2. The van der Waals surface area contributed by atoms with Crippen LogP contribution in [0.2, 0.25) is 5.02 Å². The van der Waals surface area contributed by atoms with Gasteiger partial charge < -0.3 is 14.5 Å². The fraction of sp³-hybridized carbons (Fsp3) is 0.158. The molecule has 3 rings (SSSR count). The van der Waals surface area contributed by atoms with Crippen LogP contribution in [0.15, 0.2) is 42.5 Å². The van der Waals surface area contributed by atoms with Crippen LogP contribution in [0.25, 0.3) is 10.9 Å². The summed E-state index contributed by atoms with van der Waals surface area (Å²) in [6, 6.07) is 11.8. The van der Waals surface area contributed by atoms with E-state index >= 15 is 0 Å². The van der Waals surface area contributed by atoms with Crippen LogP contribution in [0.5, 0.6) is 11.5 Å². The number of carbonyl (C=O) groups is 2. The van der Waals surface area contributed by atoms with Gasteiger partial charge in [-0.3, -0.25) is 9.59 Å². The summed E-state index contributed by atoms with van der Waals surface area (Å²) in [5.41, 5.74) is 1.33. The molecular formula is C19H16ClNO4. The number of ketones is 1. The van der Waals surface area contributed by atoms with Gasteiger partial charge in [-0.1, -0.05) is 18.5 Å². The predicted molar refractivity (Wildman–Crippen MR) is 95.7 cm³/mol. The summed E-state index contributed by atoms with van der Waals surface area (Å²) in [5.74, 6) is 0.140. The van der Waals surface area contributed by atoms with Gasteiger partial charge in [-0.2, -0.15) is 0 Å². The number of ether oxygens (including phenoxy) is 2. The van der Waals surface area contributed by atoms with E-state index in [0.29, 0.717) is 27.2 Å². The molecule has 25 heavy (non-hydrogen) atoms. The van der Waals surface area contributed by atoms with Crippen molar-refractivity contribution in [3.63, 3.8) is 0 Å². The number of hydrogen-bond acceptors (Lipinski definition) is 4.